The first-order chi connectivity index (χ1) is 13.5. The maximum atomic E-state index is 13.2. The number of rotatable bonds is 5. The van der Waals surface area contributed by atoms with Crippen molar-refractivity contribution in [3.63, 3.8) is 0 Å². The van der Waals surface area contributed by atoms with Gasteiger partial charge >= 0.3 is 6.03 Å². The SMILES string of the molecule is O=C(NCc1cn2cc(Cl)ccc2n1)Nc1nnc(Cc2cccc(F)c2)s1. The van der Waals surface area contributed by atoms with Gasteiger partial charge in [-0.1, -0.05) is 35.1 Å². The largest absolute Gasteiger partial charge is 0.332 e. The second kappa shape index (κ2) is 7.91. The van der Waals surface area contributed by atoms with Crippen molar-refractivity contribution in [3.8, 4) is 0 Å². The van der Waals surface area contributed by atoms with Crippen LogP contribution in [0.1, 0.15) is 16.3 Å². The molecule has 0 radical (unpaired) electrons. The topological polar surface area (TPSA) is 84.2 Å². The van der Waals surface area contributed by atoms with E-state index in [9.17, 15) is 9.18 Å². The first-order valence-corrected chi connectivity index (χ1v) is 9.49. The molecule has 4 rings (SSSR count). The number of carbonyl (C=O) groups excluding carboxylic acids is 1. The van der Waals surface area contributed by atoms with Gasteiger partial charge < -0.3 is 9.72 Å². The van der Waals surface area contributed by atoms with Gasteiger partial charge in [0.25, 0.3) is 0 Å². The lowest BCUT2D eigenvalue weighted by molar-refractivity contribution is 0.251. The van der Waals surface area contributed by atoms with Crippen molar-refractivity contribution in [1.82, 2.24) is 24.9 Å². The van der Waals surface area contributed by atoms with Crippen molar-refractivity contribution in [2.45, 2.75) is 13.0 Å². The van der Waals surface area contributed by atoms with Gasteiger partial charge in [-0.3, -0.25) is 5.32 Å². The summed E-state index contributed by atoms with van der Waals surface area (Å²) in [6.45, 7) is 0.250. The lowest BCUT2D eigenvalue weighted by atomic mass is 10.1. The number of aromatic nitrogens is 4. The number of nitrogens with one attached hydrogen (secondary N) is 2. The monoisotopic (exact) mass is 416 g/mol. The number of anilines is 1. The van der Waals surface area contributed by atoms with Gasteiger partial charge in [-0.05, 0) is 29.8 Å². The molecule has 4 aromatic rings. The average Bonchev–Trinajstić information content (AvgIpc) is 3.26. The van der Waals surface area contributed by atoms with Crippen LogP contribution in [0.25, 0.3) is 5.65 Å². The predicted molar refractivity (Wildman–Crippen MR) is 105 cm³/mol. The van der Waals surface area contributed by atoms with Crippen molar-refractivity contribution in [1.29, 1.82) is 0 Å². The number of pyridine rings is 1. The van der Waals surface area contributed by atoms with Crippen LogP contribution in [-0.2, 0) is 13.0 Å². The third kappa shape index (κ3) is 4.44. The van der Waals surface area contributed by atoms with E-state index in [1.807, 2.05) is 6.07 Å². The van der Waals surface area contributed by atoms with Crippen LogP contribution in [-0.4, -0.2) is 25.6 Å². The van der Waals surface area contributed by atoms with E-state index in [1.54, 1.807) is 35.0 Å². The highest BCUT2D eigenvalue weighted by atomic mass is 35.5. The Bertz CT molecular complexity index is 1140. The molecule has 0 aliphatic carbocycles. The van der Waals surface area contributed by atoms with Crippen molar-refractivity contribution in [3.05, 3.63) is 75.9 Å². The molecule has 28 heavy (non-hydrogen) atoms. The number of benzene rings is 1. The van der Waals surface area contributed by atoms with Crippen LogP contribution in [0.5, 0.6) is 0 Å². The zero-order chi connectivity index (χ0) is 19.5. The second-order valence-corrected chi connectivity index (χ2v) is 7.46. The normalized spacial score (nSPS) is 10.9. The number of imidazole rings is 1. The lowest BCUT2D eigenvalue weighted by Crippen LogP contribution is -2.28. The molecule has 3 aromatic heterocycles. The highest BCUT2D eigenvalue weighted by molar-refractivity contribution is 7.15. The van der Waals surface area contributed by atoms with Crippen LogP contribution in [0.2, 0.25) is 5.02 Å². The number of urea groups is 1. The molecule has 0 atom stereocenters. The van der Waals surface area contributed by atoms with Gasteiger partial charge in [-0.2, -0.15) is 0 Å². The number of fused-ring (bicyclic) bond motifs is 1. The highest BCUT2D eigenvalue weighted by Crippen LogP contribution is 2.19. The zero-order valence-corrected chi connectivity index (χ0v) is 16.0. The Morgan fingerprint density at radius 1 is 1.21 bits per heavy atom. The minimum Gasteiger partial charge on any atom is -0.332 e. The Morgan fingerprint density at radius 3 is 2.96 bits per heavy atom. The smallest absolute Gasteiger partial charge is 0.321 e. The van der Waals surface area contributed by atoms with Gasteiger partial charge in [0.2, 0.25) is 5.13 Å². The number of amides is 2. The molecule has 0 unspecified atom stereocenters. The summed E-state index contributed by atoms with van der Waals surface area (Å²) in [5, 5.41) is 15.0. The molecule has 7 nitrogen and oxygen atoms in total. The quantitative estimate of drug-likeness (QED) is 0.517. The van der Waals surface area contributed by atoms with Crippen LogP contribution < -0.4 is 10.6 Å². The van der Waals surface area contributed by atoms with Crippen LogP contribution in [0.4, 0.5) is 14.3 Å². The van der Waals surface area contributed by atoms with Crippen LogP contribution in [0, 0.1) is 5.82 Å². The second-order valence-electron chi connectivity index (χ2n) is 5.96. The average molecular weight is 417 g/mol. The lowest BCUT2D eigenvalue weighted by Gasteiger charge is -2.02. The molecule has 0 saturated heterocycles. The summed E-state index contributed by atoms with van der Waals surface area (Å²) < 4.78 is 15.0. The van der Waals surface area contributed by atoms with E-state index < -0.39 is 6.03 Å². The molecule has 10 heteroatoms. The highest BCUT2D eigenvalue weighted by Gasteiger charge is 2.10. The van der Waals surface area contributed by atoms with Crippen molar-refractivity contribution in [2.24, 2.45) is 0 Å². The summed E-state index contributed by atoms with van der Waals surface area (Å²) in [6, 6.07) is 9.43. The van der Waals surface area contributed by atoms with E-state index >= 15 is 0 Å². The maximum absolute atomic E-state index is 13.2. The molecule has 0 fully saturated rings. The van der Waals surface area contributed by atoms with Gasteiger partial charge in [0, 0.05) is 18.8 Å². The Labute approximate surface area is 168 Å². The first kappa shape index (κ1) is 18.3. The van der Waals surface area contributed by atoms with Gasteiger partial charge in [0.15, 0.2) is 0 Å². The van der Waals surface area contributed by atoms with Crippen molar-refractivity contribution in [2.75, 3.05) is 5.32 Å². The zero-order valence-electron chi connectivity index (χ0n) is 14.4. The molecular weight excluding hydrogens is 403 g/mol. The van der Waals surface area contributed by atoms with Crippen LogP contribution >= 0.6 is 22.9 Å². The third-order valence-electron chi connectivity index (χ3n) is 3.83. The minimum absolute atomic E-state index is 0.250. The van der Waals surface area contributed by atoms with Crippen molar-refractivity contribution < 1.29 is 9.18 Å². The number of halogens is 2. The van der Waals surface area contributed by atoms with Gasteiger partial charge in [-0.25, -0.2) is 14.2 Å². The summed E-state index contributed by atoms with van der Waals surface area (Å²) >= 11 is 7.19. The van der Waals surface area contributed by atoms with Crippen LogP contribution in [0.3, 0.4) is 0 Å². The predicted octanol–water partition coefficient (Wildman–Crippen LogP) is 3.89. The van der Waals surface area contributed by atoms with E-state index in [0.717, 1.165) is 11.2 Å². The fourth-order valence-electron chi connectivity index (χ4n) is 2.61. The molecule has 3 heterocycles. The molecule has 0 saturated carbocycles. The Hall–Kier alpha value is -3.04. The molecular formula is C18H14ClFN6OS. The molecule has 2 amide bonds. The Balaban J connectivity index is 1.32. The van der Waals surface area contributed by atoms with Crippen molar-refractivity contribution >= 4 is 39.7 Å². The molecule has 142 valence electrons. The molecule has 0 aliphatic rings. The van der Waals surface area contributed by atoms with Gasteiger partial charge in [-0.15, -0.1) is 10.2 Å². The summed E-state index contributed by atoms with van der Waals surface area (Å²) in [5.74, 6) is -0.297. The molecule has 0 bridgehead atoms. The van der Waals surface area contributed by atoms with E-state index in [0.29, 0.717) is 27.3 Å². The maximum Gasteiger partial charge on any atom is 0.321 e. The summed E-state index contributed by atoms with van der Waals surface area (Å²) in [5.41, 5.74) is 2.23. The number of nitrogens with zero attached hydrogens (tertiary/aromatic N) is 4. The molecule has 1 aromatic carbocycles. The Morgan fingerprint density at radius 2 is 2.11 bits per heavy atom. The minimum atomic E-state index is -0.413. The van der Waals surface area contributed by atoms with E-state index in [4.69, 9.17) is 11.6 Å². The van der Waals surface area contributed by atoms with Gasteiger partial charge in [0.05, 0.1) is 17.3 Å². The van der Waals surface area contributed by atoms with E-state index in [-0.39, 0.29) is 12.4 Å². The van der Waals surface area contributed by atoms with E-state index in [1.165, 1.54) is 23.5 Å². The fourth-order valence-corrected chi connectivity index (χ4v) is 3.55. The van der Waals surface area contributed by atoms with Crippen LogP contribution in [0.15, 0.2) is 48.8 Å². The van der Waals surface area contributed by atoms with Gasteiger partial charge in [0.1, 0.15) is 16.5 Å². The summed E-state index contributed by atoms with van der Waals surface area (Å²) in [4.78, 5) is 16.5. The van der Waals surface area contributed by atoms with E-state index in [2.05, 4.69) is 25.8 Å². The molecule has 0 spiro atoms. The number of hydrogen-bond donors (Lipinski definition) is 2. The summed E-state index contributed by atoms with van der Waals surface area (Å²) in [6.07, 6.45) is 3.99. The Kier molecular flexibility index (Phi) is 5.18. The summed E-state index contributed by atoms with van der Waals surface area (Å²) in [7, 11) is 0. The number of hydrogen-bond acceptors (Lipinski definition) is 5. The molecule has 2 N–H and O–H groups in total. The number of carbonyl (C=O) groups is 1. The standard InChI is InChI=1S/C18H14ClFN6OS/c19-12-4-5-15-22-14(10-26(15)9-12)8-21-17(27)23-18-25-24-16(28-18)7-11-2-1-3-13(20)6-11/h1-6,9-10H,7-8H2,(H2,21,23,25,27). The molecule has 0 aliphatic heterocycles. The third-order valence-corrected chi connectivity index (χ3v) is 4.89. The fraction of sp³-hybridized carbons (Fsp3) is 0.111. The first-order valence-electron chi connectivity index (χ1n) is 8.30.